The first-order valence-corrected chi connectivity index (χ1v) is 5.09. The molecule has 1 aliphatic heterocycles. The van der Waals surface area contributed by atoms with Gasteiger partial charge in [-0.2, -0.15) is 13.2 Å². The maximum atomic E-state index is 12.6. The van der Waals surface area contributed by atoms with Crippen LogP contribution in [0.5, 0.6) is 0 Å². The fraction of sp³-hybridized carbons (Fsp3) is 0.0769. The Balaban J connectivity index is 2.29. The number of terminal acetylenes is 1. The Morgan fingerprint density at radius 3 is 2.72 bits per heavy atom. The fourth-order valence-corrected chi connectivity index (χ4v) is 1.49. The van der Waals surface area contributed by atoms with E-state index in [1.165, 1.54) is 11.1 Å². The molecule has 1 N–H and O–H groups in total. The standard InChI is InChI=1S/C13H9F3N2/c1-2-11-6-4-8-18(17-11)12-7-3-5-10(9-12)13(14,15)16/h1,3-9,17H. The molecule has 0 aromatic heterocycles. The van der Waals surface area contributed by atoms with E-state index in [4.69, 9.17) is 6.42 Å². The van der Waals surface area contributed by atoms with Gasteiger partial charge in [-0.1, -0.05) is 12.0 Å². The van der Waals surface area contributed by atoms with E-state index in [9.17, 15) is 13.2 Å². The van der Waals surface area contributed by atoms with Crippen LogP contribution in [-0.4, -0.2) is 0 Å². The zero-order valence-electron chi connectivity index (χ0n) is 9.20. The molecular weight excluding hydrogens is 241 g/mol. The van der Waals surface area contributed by atoms with Crippen LogP contribution < -0.4 is 10.4 Å². The van der Waals surface area contributed by atoms with E-state index in [0.29, 0.717) is 11.4 Å². The van der Waals surface area contributed by atoms with Crippen LogP contribution in [0.15, 0.2) is 48.3 Å². The average molecular weight is 250 g/mol. The van der Waals surface area contributed by atoms with Crippen molar-refractivity contribution in [1.82, 2.24) is 5.43 Å². The summed E-state index contributed by atoms with van der Waals surface area (Å²) in [6.07, 6.45) is 5.77. The topological polar surface area (TPSA) is 15.3 Å². The van der Waals surface area contributed by atoms with Crippen LogP contribution in [0.2, 0.25) is 0 Å². The van der Waals surface area contributed by atoms with Crippen molar-refractivity contribution in [1.29, 1.82) is 0 Å². The summed E-state index contributed by atoms with van der Waals surface area (Å²) < 4.78 is 37.7. The van der Waals surface area contributed by atoms with Gasteiger partial charge in [-0.15, -0.1) is 6.42 Å². The summed E-state index contributed by atoms with van der Waals surface area (Å²) in [7, 11) is 0. The van der Waals surface area contributed by atoms with E-state index in [-0.39, 0.29) is 0 Å². The van der Waals surface area contributed by atoms with Crippen LogP contribution >= 0.6 is 0 Å². The Hall–Kier alpha value is -2.35. The lowest BCUT2D eigenvalue weighted by molar-refractivity contribution is -0.137. The molecule has 0 unspecified atom stereocenters. The second-order valence-electron chi connectivity index (χ2n) is 3.60. The summed E-state index contributed by atoms with van der Waals surface area (Å²) in [6, 6.07) is 4.99. The summed E-state index contributed by atoms with van der Waals surface area (Å²) in [5, 5.41) is 1.43. The van der Waals surface area contributed by atoms with E-state index in [1.807, 2.05) is 0 Å². The molecule has 0 amide bonds. The van der Waals surface area contributed by atoms with E-state index in [0.717, 1.165) is 12.1 Å². The van der Waals surface area contributed by atoms with Crippen LogP contribution in [-0.2, 0) is 6.18 Å². The summed E-state index contributed by atoms with van der Waals surface area (Å²) in [4.78, 5) is 0. The molecule has 92 valence electrons. The highest BCUT2D eigenvalue weighted by molar-refractivity contribution is 5.53. The van der Waals surface area contributed by atoms with Gasteiger partial charge in [-0.25, -0.2) is 0 Å². The van der Waals surface area contributed by atoms with E-state index in [2.05, 4.69) is 11.3 Å². The first-order valence-electron chi connectivity index (χ1n) is 5.09. The van der Waals surface area contributed by atoms with Gasteiger partial charge in [0, 0.05) is 6.20 Å². The van der Waals surface area contributed by atoms with Crippen molar-refractivity contribution in [2.75, 3.05) is 5.01 Å². The van der Waals surface area contributed by atoms with Gasteiger partial charge in [-0.3, -0.25) is 10.4 Å². The zero-order chi connectivity index (χ0) is 13.2. The average Bonchev–Trinajstić information content (AvgIpc) is 2.38. The van der Waals surface area contributed by atoms with Crippen molar-refractivity contribution in [3.8, 4) is 12.3 Å². The Labute approximate surface area is 102 Å². The highest BCUT2D eigenvalue weighted by atomic mass is 19.4. The largest absolute Gasteiger partial charge is 0.416 e. The molecule has 0 atom stereocenters. The lowest BCUT2D eigenvalue weighted by Gasteiger charge is -2.25. The molecule has 1 heterocycles. The van der Waals surface area contributed by atoms with Crippen LogP contribution in [0, 0.1) is 12.3 Å². The predicted molar refractivity (Wildman–Crippen MR) is 63.1 cm³/mol. The highest BCUT2D eigenvalue weighted by Crippen LogP contribution is 2.31. The van der Waals surface area contributed by atoms with E-state index >= 15 is 0 Å². The molecule has 1 aromatic rings. The summed E-state index contributed by atoms with van der Waals surface area (Å²) in [6.45, 7) is 0. The number of allylic oxidation sites excluding steroid dienone is 3. The number of hydrogen-bond donors (Lipinski definition) is 1. The number of anilines is 1. The molecule has 0 saturated carbocycles. The first kappa shape index (κ1) is 12.1. The van der Waals surface area contributed by atoms with Gasteiger partial charge >= 0.3 is 6.18 Å². The quantitative estimate of drug-likeness (QED) is 0.770. The number of halogens is 3. The third-order valence-corrected chi connectivity index (χ3v) is 2.35. The smallest absolute Gasteiger partial charge is 0.286 e. The summed E-state index contributed by atoms with van der Waals surface area (Å²) in [5.74, 6) is 2.38. The first-order chi connectivity index (χ1) is 8.50. The maximum Gasteiger partial charge on any atom is 0.416 e. The molecule has 0 fully saturated rings. The van der Waals surface area contributed by atoms with Crippen molar-refractivity contribution in [3.05, 3.63) is 53.9 Å². The minimum Gasteiger partial charge on any atom is -0.286 e. The monoisotopic (exact) mass is 250 g/mol. The van der Waals surface area contributed by atoms with Gasteiger partial charge < -0.3 is 0 Å². The normalized spacial score (nSPS) is 14.8. The lowest BCUT2D eigenvalue weighted by Crippen LogP contribution is -2.34. The van der Waals surface area contributed by atoms with Crippen LogP contribution in [0.25, 0.3) is 0 Å². The van der Waals surface area contributed by atoms with E-state index in [1.54, 1.807) is 24.4 Å². The molecular formula is C13H9F3N2. The molecule has 0 radical (unpaired) electrons. The third-order valence-electron chi connectivity index (χ3n) is 2.35. The lowest BCUT2D eigenvalue weighted by atomic mass is 10.2. The van der Waals surface area contributed by atoms with Gasteiger partial charge in [-0.05, 0) is 30.4 Å². The molecule has 2 nitrogen and oxygen atoms in total. The minimum atomic E-state index is -4.36. The zero-order valence-corrected chi connectivity index (χ0v) is 9.20. The predicted octanol–water partition coefficient (Wildman–Crippen LogP) is 3.06. The molecule has 0 saturated heterocycles. The molecule has 0 bridgehead atoms. The minimum absolute atomic E-state index is 0.363. The number of nitrogens with zero attached hydrogens (tertiary/aromatic N) is 1. The van der Waals surface area contributed by atoms with Crippen molar-refractivity contribution in [2.24, 2.45) is 0 Å². The number of alkyl halides is 3. The van der Waals surface area contributed by atoms with Gasteiger partial charge in [0.15, 0.2) is 0 Å². The van der Waals surface area contributed by atoms with Gasteiger partial charge in [0.25, 0.3) is 0 Å². The maximum absolute atomic E-state index is 12.6. The number of hydrogen-bond acceptors (Lipinski definition) is 2. The van der Waals surface area contributed by atoms with E-state index < -0.39 is 11.7 Å². The van der Waals surface area contributed by atoms with Crippen LogP contribution in [0.1, 0.15) is 5.56 Å². The second-order valence-corrected chi connectivity index (χ2v) is 3.60. The molecule has 1 aliphatic rings. The van der Waals surface area contributed by atoms with Crippen LogP contribution in [0.4, 0.5) is 18.9 Å². The summed E-state index contributed by atoms with van der Waals surface area (Å²) in [5.41, 5.74) is 2.94. The van der Waals surface area contributed by atoms with Gasteiger partial charge in [0.1, 0.15) is 5.70 Å². The van der Waals surface area contributed by atoms with Gasteiger partial charge in [0.05, 0.1) is 11.3 Å². The van der Waals surface area contributed by atoms with Gasteiger partial charge in [0.2, 0.25) is 0 Å². The SMILES string of the molecule is C#CC1=CC=CN(c2cccc(C(F)(F)F)c2)N1. The molecule has 5 heteroatoms. The number of benzene rings is 1. The number of nitrogens with one attached hydrogen (secondary N) is 1. The molecule has 0 aliphatic carbocycles. The van der Waals surface area contributed by atoms with Crippen molar-refractivity contribution >= 4 is 5.69 Å². The molecule has 18 heavy (non-hydrogen) atoms. The number of hydrazine groups is 1. The third kappa shape index (κ3) is 2.48. The van der Waals surface area contributed by atoms with Crippen molar-refractivity contribution in [2.45, 2.75) is 6.18 Å². The molecule has 2 rings (SSSR count). The fourth-order valence-electron chi connectivity index (χ4n) is 1.49. The Bertz CT molecular complexity index is 550. The van der Waals surface area contributed by atoms with Crippen molar-refractivity contribution in [3.63, 3.8) is 0 Å². The van der Waals surface area contributed by atoms with Crippen LogP contribution in [0.3, 0.4) is 0 Å². The highest BCUT2D eigenvalue weighted by Gasteiger charge is 2.30. The Morgan fingerprint density at radius 1 is 1.28 bits per heavy atom. The molecule has 0 spiro atoms. The number of rotatable bonds is 1. The summed E-state index contributed by atoms with van der Waals surface area (Å²) >= 11 is 0. The Kier molecular flexibility index (Phi) is 3.02. The molecule has 1 aromatic carbocycles. The van der Waals surface area contributed by atoms with Crippen molar-refractivity contribution < 1.29 is 13.2 Å². The Morgan fingerprint density at radius 2 is 2.06 bits per heavy atom. The second kappa shape index (κ2) is 4.49.